The summed E-state index contributed by atoms with van der Waals surface area (Å²) in [6.07, 6.45) is 0.750. The normalized spacial score (nSPS) is 13.0. The van der Waals surface area contributed by atoms with Crippen LogP contribution < -0.4 is 10.2 Å². The molecule has 4 aromatic rings. The highest BCUT2D eigenvalue weighted by molar-refractivity contribution is 8.02. The second-order valence-corrected chi connectivity index (χ2v) is 12.3. The van der Waals surface area contributed by atoms with E-state index in [1.165, 1.54) is 32.9 Å². The van der Waals surface area contributed by atoms with E-state index in [2.05, 4.69) is 22.4 Å². The van der Waals surface area contributed by atoms with E-state index >= 15 is 0 Å². The van der Waals surface area contributed by atoms with Crippen LogP contribution >= 0.6 is 23.1 Å². The first-order chi connectivity index (χ1) is 19.0. The number of anilines is 2. The maximum atomic E-state index is 12.9. The monoisotopic (exact) mass is 574 g/mol. The van der Waals surface area contributed by atoms with Crippen molar-refractivity contribution < 1.29 is 19.2 Å². The summed E-state index contributed by atoms with van der Waals surface area (Å²) in [4.78, 5) is 55.3. The van der Waals surface area contributed by atoms with Crippen LogP contribution in [-0.4, -0.2) is 53.4 Å². The Kier molecular flexibility index (Phi) is 8.70. The van der Waals surface area contributed by atoms with Gasteiger partial charge in [-0.05, 0) is 69.2 Å². The van der Waals surface area contributed by atoms with Crippen LogP contribution in [0.2, 0.25) is 0 Å². The Bertz CT molecular complexity index is 1570. The van der Waals surface area contributed by atoms with Crippen LogP contribution in [0.25, 0.3) is 10.2 Å². The number of aryl methyl sites for hydroxylation is 3. The second kappa shape index (κ2) is 12.0. The standard InChI is InChI=1S/C27H23N3O3S2.C3H7NO/c1-14-11-15(2)23(16(3)12-14)29-24(31)17(4)34-27-28-21-10-9-18(13-22(21)35-27)30-25(32)19-7-5-6-8-20(19)26(30)33;1-4(2)3-5/h5-13,17H,1-4H3,(H,29,31);3H,1-2H3. The number of nitrogens with one attached hydrogen (secondary N) is 1. The predicted molar refractivity (Wildman–Crippen MR) is 162 cm³/mol. The quantitative estimate of drug-likeness (QED) is 0.176. The summed E-state index contributed by atoms with van der Waals surface area (Å²) < 4.78 is 1.60. The first-order valence-electron chi connectivity index (χ1n) is 12.6. The van der Waals surface area contributed by atoms with Crippen LogP contribution in [-0.2, 0) is 9.59 Å². The number of amides is 4. The molecule has 1 aromatic heterocycles. The summed E-state index contributed by atoms with van der Waals surface area (Å²) in [5.74, 6) is -0.733. The number of hydrogen-bond acceptors (Lipinski definition) is 7. The fraction of sp³-hybridized carbons (Fsp3) is 0.233. The number of imide groups is 1. The van der Waals surface area contributed by atoms with Crippen LogP contribution in [0.3, 0.4) is 0 Å². The molecule has 1 aliphatic rings. The van der Waals surface area contributed by atoms with Crippen LogP contribution in [0.15, 0.2) is 58.9 Å². The maximum Gasteiger partial charge on any atom is 0.266 e. The second-order valence-electron chi connectivity index (χ2n) is 9.72. The molecule has 2 heterocycles. The minimum atomic E-state index is -0.355. The third kappa shape index (κ3) is 6.08. The first kappa shape index (κ1) is 29.0. The lowest BCUT2D eigenvalue weighted by Crippen LogP contribution is -2.29. The average molecular weight is 575 g/mol. The minimum Gasteiger partial charge on any atom is -0.351 e. The molecule has 5 rings (SSSR count). The Balaban J connectivity index is 0.000000681. The number of thioether (sulfide) groups is 1. The van der Waals surface area contributed by atoms with Gasteiger partial charge in [-0.3, -0.25) is 19.2 Å². The van der Waals surface area contributed by atoms with Crippen molar-refractivity contribution >= 4 is 68.8 Å². The highest BCUT2D eigenvalue weighted by Gasteiger charge is 2.36. The molecular formula is C30H30N4O4S2. The SMILES string of the molecule is CN(C)C=O.Cc1cc(C)c(NC(=O)C(C)Sc2nc3ccc(N4C(=O)c5ccccc5C4=O)cc3s2)c(C)c1. The van der Waals surface area contributed by atoms with Gasteiger partial charge in [0.05, 0.1) is 32.3 Å². The summed E-state index contributed by atoms with van der Waals surface area (Å²) in [6.45, 7) is 7.88. The van der Waals surface area contributed by atoms with Gasteiger partial charge in [0, 0.05) is 19.8 Å². The summed E-state index contributed by atoms with van der Waals surface area (Å²) in [5.41, 5.74) is 6.19. The number of carbonyl (C=O) groups is 4. The van der Waals surface area contributed by atoms with E-state index in [-0.39, 0.29) is 23.0 Å². The smallest absolute Gasteiger partial charge is 0.266 e. The van der Waals surface area contributed by atoms with E-state index < -0.39 is 0 Å². The third-order valence-electron chi connectivity index (χ3n) is 6.19. The maximum absolute atomic E-state index is 12.9. The van der Waals surface area contributed by atoms with Crippen molar-refractivity contribution in [2.24, 2.45) is 0 Å². The first-order valence-corrected chi connectivity index (χ1v) is 14.2. The Labute approximate surface area is 241 Å². The van der Waals surface area contributed by atoms with Crippen LogP contribution in [0, 0.1) is 20.8 Å². The van der Waals surface area contributed by atoms with Crippen molar-refractivity contribution in [2.45, 2.75) is 37.3 Å². The van der Waals surface area contributed by atoms with Crippen LogP contribution in [0.5, 0.6) is 0 Å². The number of fused-ring (bicyclic) bond motifs is 2. The van der Waals surface area contributed by atoms with Crippen molar-refractivity contribution in [1.82, 2.24) is 9.88 Å². The molecule has 0 spiro atoms. The van der Waals surface area contributed by atoms with E-state index in [0.717, 1.165) is 43.3 Å². The van der Waals surface area contributed by atoms with Gasteiger partial charge in [0.25, 0.3) is 11.8 Å². The molecule has 0 fully saturated rings. The highest BCUT2D eigenvalue weighted by atomic mass is 32.2. The van der Waals surface area contributed by atoms with Crippen molar-refractivity contribution in [1.29, 1.82) is 0 Å². The van der Waals surface area contributed by atoms with E-state index in [0.29, 0.717) is 16.8 Å². The number of rotatable bonds is 6. The molecule has 0 bridgehead atoms. The number of thiazole rings is 1. The summed E-state index contributed by atoms with van der Waals surface area (Å²) in [5, 5.41) is 2.70. The van der Waals surface area contributed by atoms with Gasteiger partial charge in [-0.2, -0.15) is 0 Å². The van der Waals surface area contributed by atoms with Crippen molar-refractivity contribution in [2.75, 3.05) is 24.3 Å². The van der Waals surface area contributed by atoms with E-state index in [1.54, 1.807) is 50.5 Å². The fourth-order valence-electron chi connectivity index (χ4n) is 4.31. The summed E-state index contributed by atoms with van der Waals surface area (Å²) in [6, 6.07) is 16.3. The lowest BCUT2D eigenvalue weighted by atomic mass is 10.1. The molecule has 1 unspecified atom stereocenters. The third-order valence-corrected chi connectivity index (χ3v) is 8.40. The van der Waals surface area contributed by atoms with Crippen molar-refractivity contribution in [3.8, 4) is 0 Å². The average Bonchev–Trinajstić information content (AvgIpc) is 3.43. The molecule has 0 aliphatic carbocycles. The number of carbonyl (C=O) groups excluding carboxylic acids is 4. The molecular weight excluding hydrogens is 544 g/mol. The van der Waals surface area contributed by atoms with E-state index in [1.807, 2.05) is 33.8 Å². The largest absolute Gasteiger partial charge is 0.351 e. The zero-order valence-electron chi connectivity index (χ0n) is 23.1. The molecule has 10 heteroatoms. The predicted octanol–water partition coefficient (Wildman–Crippen LogP) is 5.85. The van der Waals surface area contributed by atoms with Crippen LogP contribution in [0.1, 0.15) is 44.3 Å². The zero-order valence-corrected chi connectivity index (χ0v) is 24.8. The molecule has 0 radical (unpaired) electrons. The molecule has 40 heavy (non-hydrogen) atoms. The van der Waals surface area contributed by atoms with Crippen molar-refractivity contribution in [3.63, 3.8) is 0 Å². The van der Waals surface area contributed by atoms with E-state index in [9.17, 15) is 19.2 Å². The molecule has 1 aliphatic heterocycles. The number of nitrogens with zero attached hydrogens (tertiary/aromatic N) is 3. The van der Waals surface area contributed by atoms with Gasteiger partial charge in [-0.15, -0.1) is 11.3 Å². The molecule has 8 nitrogen and oxygen atoms in total. The molecule has 0 saturated heterocycles. The van der Waals surface area contributed by atoms with Gasteiger partial charge >= 0.3 is 0 Å². The van der Waals surface area contributed by atoms with Gasteiger partial charge < -0.3 is 10.2 Å². The molecule has 1 N–H and O–H groups in total. The lowest BCUT2D eigenvalue weighted by molar-refractivity contribution is -0.116. The zero-order chi connectivity index (χ0) is 29.1. The van der Waals surface area contributed by atoms with Crippen molar-refractivity contribution in [3.05, 3.63) is 82.4 Å². The number of benzene rings is 3. The fourth-order valence-corrected chi connectivity index (χ4v) is 6.56. The van der Waals surface area contributed by atoms with Gasteiger partial charge in [0.1, 0.15) is 0 Å². The van der Waals surface area contributed by atoms with Gasteiger partial charge in [0.2, 0.25) is 12.3 Å². The Hall–Kier alpha value is -4.02. The van der Waals surface area contributed by atoms with Gasteiger partial charge in [-0.1, -0.05) is 41.6 Å². The van der Waals surface area contributed by atoms with Gasteiger partial charge in [0.15, 0.2) is 4.34 Å². The lowest BCUT2D eigenvalue weighted by Gasteiger charge is -2.15. The molecule has 206 valence electrons. The molecule has 3 aromatic carbocycles. The van der Waals surface area contributed by atoms with Crippen LogP contribution in [0.4, 0.5) is 11.4 Å². The summed E-state index contributed by atoms with van der Waals surface area (Å²) in [7, 11) is 3.38. The Morgan fingerprint density at radius 3 is 2.12 bits per heavy atom. The molecule has 0 saturated carbocycles. The molecule has 1 atom stereocenters. The number of hydrogen-bond donors (Lipinski definition) is 1. The number of aromatic nitrogens is 1. The topological polar surface area (TPSA) is 99.7 Å². The Morgan fingerprint density at radius 2 is 1.57 bits per heavy atom. The van der Waals surface area contributed by atoms with Gasteiger partial charge in [-0.25, -0.2) is 9.88 Å². The Morgan fingerprint density at radius 1 is 1.00 bits per heavy atom. The highest BCUT2D eigenvalue weighted by Crippen LogP contribution is 2.36. The van der Waals surface area contributed by atoms with E-state index in [4.69, 9.17) is 0 Å². The minimum absolute atomic E-state index is 0.0870. The summed E-state index contributed by atoms with van der Waals surface area (Å²) >= 11 is 2.83. The molecule has 4 amide bonds.